The molecule has 2 atom stereocenters. The van der Waals surface area contributed by atoms with E-state index in [2.05, 4.69) is 17.4 Å². The van der Waals surface area contributed by atoms with Crippen LogP contribution in [0.3, 0.4) is 0 Å². The predicted octanol–water partition coefficient (Wildman–Crippen LogP) is -0.875. The van der Waals surface area contributed by atoms with Crippen LogP contribution >= 0.6 is 0 Å². The standard InChI is InChI=1S/C8H14O5S/c1-5(9)2-3-13-8(12)6(10)4-7(11)14/h5-6,9-10H,2-4H2,1H3,(H,11,14)/p-1. The molecule has 0 radical (unpaired) electrons. The van der Waals surface area contributed by atoms with E-state index in [0.29, 0.717) is 6.42 Å². The van der Waals surface area contributed by atoms with Crippen LogP contribution in [0.15, 0.2) is 0 Å². The fourth-order valence-electron chi connectivity index (χ4n) is 0.667. The molecule has 0 aliphatic rings. The van der Waals surface area contributed by atoms with Crippen LogP contribution in [-0.2, 0) is 27.0 Å². The smallest absolute Gasteiger partial charge is 0.335 e. The first-order valence-corrected chi connectivity index (χ1v) is 4.57. The summed E-state index contributed by atoms with van der Waals surface area (Å²) in [5.74, 6) is -0.885. The van der Waals surface area contributed by atoms with Gasteiger partial charge in [-0.25, -0.2) is 4.79 Å². The molecule has 2 N–H and O–H groups in total. The minimum atomic E-state index is -1.49. The van der Waals surface area contributed by atoms with Crippen molar-refractivity contribution in [2.45, 2.75) is 32.0 Å². The zero-order valence-corrected chi connectivity index (χ0v) is 8.62. The highest BCUT2D eigenvalue weighted by atomic mass is 32.1. The van der Waals surface area contributed by atoms with Crippen molar-refractivity contribution in [1.82, 2.24) is 0 Å². The molecule has 0 rings (SSSR count). The highest BCUT2D eigenvalue weighted by molar-refractivity contribution is 7.77. The van der Waals surface area contributed by atoms with Crippen LogP contribution in [0.2, 0.25) is 0 Å². The van der Waals surface area contributed by atoms with Gasteiger partial charge in [0, 0.05) is 18.0 Å². The molecular weight excluding hydrogens is 208 g/mol. The summed E-state index contributed by atoms with van der Waals surface area (Å²) in [4.78, 5) is 21.3. The van der Waals surface area contributed by atoms with Gasteiger partial charge in [0.05, 0.1) is 12.7 Å². The highest BCUT2D eigenvalue weighted by Gasteiger charge is 2.16. The summed E-state index contributed by atoms with van der Waals surface area (Å²) in [5.41, 5.74) is 0. The molecule has 0 bridgehead atoms. The molecule has 2 unspecified atom stereocenters. The number of ether oxygens (including phenoxy) is 1. The molecule has 82 valence electrons. The predicted molar refractivity (Wildman–Crippen MR) is 50.3 cm³/mol. The van der Waals surface area contributed by atoms with Gasteiger partial charge >= 0.3 is 5.97 Å². The summed E-state index contributed by atoms with van der Waals surface area (Å²) in [6, 6.07) is 0. The van der Waals surface area contributed by atoms with Gasteiger partial charge < -0.3 is 32.4 Å². The lowest BCUT2D eigenvalue weighted by molar-refractivity contribution is -0.155. The Morgan fingerprint density at radius 1 is 1.43 bits per heavy atom. The van der Waals surface area contributed by atoms with E-state index in [1.807, 2.05) is 0 Å². The number of aliphatic hydroxyl groups is 2. The third-order valence-corrected chi connectivity index (χ3v) is 1.58. The van der Waals surface area contributed by atoms with Gasteiger partial charge in [-0.3, -0.25) is 0 Å². The van der Waals surface area contributed by atoms with Crippen molar-refractivity contribution in [2.24, 2.45) is 0 Å². The molecule has 0 aromatic carbocycles. The van der Waals surface area contributed by atoms with Crippen molar-refractivity contribution >= 4 is 23.7 Å². The average Bonchev–Trinajstić information content (AvgIpc) is 2.01. The summed E-state index contributed by atoms with van der Waals surface area (Å²) in [7, 11) is 0. The fourth-order valence-corrected chi connectivity index (χ4v) is 0.825. The molecule has 0 heterocycles. The van der Waals surface area contributed by atoms with E-state index in [-0.39, 0.29) is 6.61 Å². The summed E-state index contributed by atoms with van der Waals surface area (Å²) in [6.45, 7) is 1.57. The van der Waals surface area contributed by atoms with Crippen molar-refractivity contribution < 1.29 is 24.5 Å². The largest absolute Gasteiger partial charge is 0.742 e. The third-order valence-electron chi connectivity index (χ3n) is 1.41. The molecule has 0 saturated heterocycles. The Morgan fingerprint density at radius 3 is 2.43 bits per heavy atom. The maximum Gasteiger partial charge on any atom is 0.335 e. The number of rotatable bonds is 6. The second-order valence-corrected chi connectivity index (χ2v) is 3.35. The molecular formula is C8H13O5S-. The zero-order chi connectivity index (χ0) is 11.1. The third kappa shape index (κ3) is 6.76. The average molecular weight is 221 g/mol. The first-order valence-electron chi connectivity index (χ1n) is 4.16. The molecule has 0 saturated carbocycles. The molecule has 0 aliphatic heterocycles. The van der Waals surface area contributed by atoms with Crippen molar-refractivity contribution in [3.63, 3.8) is 0 Å². The van der Waals surface area contributed by atoms with Gasteiger partial charge in [-0.1, -0.05) is 0 Å². The number of aliphatic hydroxyl groups excluding tert-OH is 2. The van der Waals surface area contributed by atoms with E-state index in [1.165, 1.54) is 0 Å². The van der Waals surface area contributed by atoms with Crippen LogP contribution in [0.1, 0.15) is 19.8 Å². The maximum atomic E-state index is 10.9. The Kier molecular flexibility index (Phi) is 6.35. The topological polar surface area (TPSA) is 83.8 Å². The first-order chi connectivity index (χ1) is 6.43. The number of hydrogen-bond acceptors (Lipinski definition) is 6. The normalized spacial score (nSPS) is 14.5. The minimum Gasteiger partial charge on any atom is -0.742 e. The Labute approximate surface area is 87.5 Å². The van der Waals surface area contributed by atoms with Gasteiger partial charge in [-0.15, -0.1) is 0 Å². The molecule has 0 spiro atoms. The fraction of sp³-hybridized carbons (Fsp3) is 0.750. The minimum absolute atomic E-state index is 0.0131. The number of carbonyl (C=O) groups excluding carboxylic acids is 2. The van der Waals surface area contributed by atoms with Gasteiger partial charge in [0.1, 0.15) is 0 Å². The van der Waals surface area contributed by atoms with Crippen molar-refractivity contribution in [2.75, 3.05) is 6.61 Å². The summed E-state index contributed by atoms with van der Waals surface area (Å²) in [5, 5.41) is 17.2. The van der Waals surface area contributed by atoms with Crippen molar-refractivity contribution in [1.29, 1.82) is 0 Å². The molecule has 14 heavy (non-hydrogen) atoms. The van der Waals surface area contributed by atoms with Crippen LogP contribution in [-0.4, -0.2) is 40.1 Å². The van der Waals surface area contributed by atoms with Crippen LogP contribution in [0.25, 0.3) is 0 Å². The second kappa shape index (κ2) is 6.69. The SMILES string of the molecule is CC(O)CCOC(=O)C(O)CC(=O)[S-]. The van der Waals surface area contributed by atoms with E-state index >= 15 is 0 Å². The number of esters is 1. The Balaban J connectivity index is 3.67. The van der Waals surface area contributed by atoms with Crippen LogP contribution < -0.4 is 0 Å². The molecule has 0 aromatic heterocycles. The molecule has 6 heteroatoms. The van der Waals surface area contributed by atoms with Crippen molar-refractivity contribution in [3.8, 4) is 0 Å². The number of hydrogen-bond donors (Lipinski definition) is 2. The lowest BCUT2D eigenvalue weighted by Crippen LogP contribution is -2.26. The quantitative estimate of drug-likeness (QED) is 0.448. The Bertz CT molecular complexity index is 204. The van der Waals surface area contributed by atoms with Gasteiger partial charge in [-0.2, -0.15) is 0 Å². The van der Waals surface area contributed by atoms with E-state index in [0.717, 1.165) is 0 Å². The van der Waals surface area contributed by atoms with Crippen LogP contribution in [0, 0.1) is 0 Å². The maximum absolute atomic E-state index is 10.9. The number of carbonyl (C=O) groups is 2. The monoisotopic (exact) mass is 221 g/mol. The second-order valence-electron chi connectivity index (χ2n) is 2.90. The molecule has 0 amide bonds. The van der Waals surface area contributed by atoms with E-state index in [4.69, 9.17) is 10.2 Å². The van der Waals surface area contributed by atoms with Gasteiger partial charge in [-0.05, 0) is 6.92 Å². The Morgan fingerprint density at radius 2 is 2.00 bits per heavy atom. The van der Waals surface area contributed by atoms with E-state index in [9.17, 15) is 9.59 Å². The van der Waals surface area contributed by atoms with E-state index < -0.39 is 29.7 Å². The van der Waals surface area contributed by atoms with Crippen LogP contribution in [0.5, 0.6) is 0 Å². The molecule has 0 aromatic rings. The van der Waals surface area contributed by atoms with E-state index in [1.54, 1.807) is 6.92 Å². The Hall–Kier alpha value is -0.720. The summed E-state index contributed by atoms with van der Waals surface area (Å²) >= 11 is 4.18. The zero-order valence-electron chi connectivity index (χ0n) is 7.80. The molecule has 0 aliphatic carbocycles. The highest BCUT2D eigenvalue weighted by Crippen LogP contribution is 1.98. The van der Waals surface area contributed by atoms with Gasteiger partial charge in [0.2, 0.25) is 0 Å². The van der Waals surface area contributed by atoms with Gasteiger partial charge in [0.15, 0.2) is 6.10 Å². The lowest BCUT2D eigenvalue weighted by Gasteiger charge is -2.12. The summed E-state index contributed by atoms with van der Waals surface area (Å²) < 4.78 is 4.57. The van der Waals surface area contributed by atoms with Gasteiger partial charge in [0.25, 0.3) is 0 Å². The summed E-state index contributed by atoms with van der Waals surface area (Å²) in [6.07, 6.45) is -2.18. The molecule has 5 nitrogen and oxygen atoms in total. The first kappa shape index (κ1) is 13.3. The lowest BCUT2D eigenvalue weighted by atomic mass is 10.3. The van der Waals surface area contributed by atoms with Crippen LogP contribution in [0.4, 0.5) is 0 Å². The van der Waals surface area contributed by atoms with Crippen molar-refractivity contribution in [3.05, 3.63) is 0 Å². The molecule has 0 fully saturated rings.